The molecule has 0 spiro atoms. The van der Waals surface area contributed by atoms with Gasteiger partial charge in [0.2, 0.25) is 0 Å². The number of carbonyl (C=O) groups is 3. The Morgan fingerprint density at radius 1 is 1.23 bits per heavy atom. The van der Waals surface area contributed by atoms with Crippen molar-refractivity contribution in [3.8, 4) is 11.5 Å². The van der Waals surface area contributed by atoms with Crippen LogP contribution in [0.2, 0.25) is 0 Å². The van der Waals surface area contributed by atoms with Crippen LogP contribution in [0.3, 0.4) is 0 Å². The van der Waals surface area contributed by atoms with Crippen molar-refractivity contribution in [1.82, 2.24) is 4.90 Å². The summed E-state index contributed by atoms with van der Waals surface area (Å²) in [5.74, 6) is -1.85. The van der Waals surface area contributed by atoms with Gasteiger partial charge in [-0.15, -0.1) is 0 Å². The van der Waals surface area contributed by atoms with Gasteiger partial charge in [-0.3, -0.25) is 29.4 Å². The van der Waals surface area contributed by atoms with E-state index in [1.807, 2.05) is 0 Å². The molecule has 1 heterocycles. The zero-order valence-corrected chi connectivity index (χ0v) is 17.4. The summed E-state index contributed by atoms with van der Waals surface area (Å²) >= 11 is 0. The number of nitro benzene ring substituents is 1. The first-order chi connectivity index (χ1) is 14.7. The van der Waals surface area contributed by atoms with Crippen LogP contribution in [0.1, 0.15) is 41.5 Å². The van der Waals surface area contributed by atoms with Crippen molar-refractivity contribution in [1.29, 1.82) is 0 Å². The maximum absolute atomic E-state index is 13.0. The van der Waals surface area contributed by atoms with Crippen LogP contribution in [0, 0.1) is 16.0 Å². The molecular weight excluding hydrogens is 404 g/mol. The monoisotopic (exact) mass is 426 g/mol. The number of Topliss-reactive ketones (excluding diaryl/α,β-unsaturated/α-hetero) is 1. The molecule has 0 aromatic heterocycles. The van der Waals surface area contributed by atoms with Gasteiger partial charge in [-0.1, -0.05) is 26.0 Å². The molecule has 1 atom stereocenters. The number of hydrogen-bond donors (Lipinski definition) is 0. The second kappa shape index (κ2) is 8.95. The van der Waals surface area contributed by atoms with Crippen molar-refractivity contribution in [2.75, 3.05) is 13.2 Å². The van der Waals surface area contributed by atoms with E-state index in [1.54, 1.807) is 39.0 Å². The lowest BCUT2D eigenvalue weighted by atomic mass is 10.0. The number of imide groups is 1. The molecule has 9 nitrogen and oxygen atoms in total. The molecule has 0 saturated carbocycles. The summed E-state index contributed by atoms with van der Waals surface area (Å²) in [4.78, 5) is 50.5. The van der Waals surface area contributed by atoms with Crippen LogP contribution >= 0.6 is 0 Å². The average Bonchev–Trinajstić information content (AvgIpc) is 2.84. The van der Waals surface area contributed by atoms with E-state index in [1.165, 1.54) is 18.2 Å². The van der Waals surface area contributed by atoms with Crippen LogP contribution in [0.25, 0.3) is 0 Å². The van der Waals surface area contributed by atoms with Crippen LogP contribution in [-0.4, -0.2) is 46.7 Å². The topological polar surface area (TPSA) is 116 Å². The summed E-state index contributed by atoms with van der Waals surface area (Å²) in [5, 5.41) is 11.3. The fraction of sp³-hybridized carbons (Fsp3) is 0.318. The van der Waals surface area contributed by atoms with E-state index < -0.39 is 35.2 Å². The molecule has 1 aliphatic heterocycles. The minimum atomic E-state index is -0.949. The van der Waals surface area contributed by atoms with Crippen molar-refractivity contribution in [3.05, 3.63) is 63.7 Å². The van der Waals surface area contributed by atoms with Gasteiger partial charge in [0, 0.05) is 11.6 Å². The summed E-state index contributed by atoms with van der Waals surface area (Å²) in [6.45, 7) is 4.89. The highest BCUT2D eigenvalue weighted by Crippen LogP contribution is 2.30. The van der Waals surface area contributed by atoms with E-state index in [4.69, 9.17) is 9.47 Å². The van der Waals surface area contributed by atoms with Gasteiger partial charge in [0.1, 0.15) is 5.75 Å². The van der Waals surface area contributed by atoms with Gasteiger partial charge in [-0.05, 0) is 37.1 Å². The second-order valence-corrected chi connectivity index (χ2v) is 7.30. The van der Waals surface area contributed by atoms with Gasteiger partial charge >= 0.3 is 5.69 Å². The molecule has 3 rings (SSSR count). The van der Waals surface area contributed by atoms with Crippen molar-refractivity contribution < 1.29 is 28.8 Å². The van der Waals surface area contributed by atoms with Crippen molar-refractivity contribution >= 4 is 23.3 Å². The molecular formula is C22H22N2O7. The van der Waals surface area contributed by atoms with Crippen LogP contribution in [0.5, 0.6) is 11.5 Å². The highest BCUT2D eigenvalue weighted by atomic mass is 16.6. The highest BCUT2D eigenvalue weighted by Gasteiger charge is 2.39. The standard InChI is InChI=1S/C22H22N2O7/c1-4-30-19-10-9-14(11-16(19)24(28)29)17(25)12-23-21(26)15-7-5-6-8-18(15)31-20(13(2)3)22(23)27/h5-11,13,20H,4,12H2,1-3H3/t20-/m1/s1. The van der Waals surface area contributed by atoms with Crippen LogP contribution in [-0.2, 0) is 4.79 Å². The maximum atomic E-state index is 13.0. The van der Waals surface area contributed by atoms with Crippen LogP contribution in [0.15, 0.2) is 42.5 Å². The first-order valence-electron chi connectivity index (χ1n) is 9.80. The number of ether oxygens (including phenoxy) is 2. The second-order valence-electron chi connectivity index (χ2n) is 7.30. The number of nitrogens with zero attached hydrogens (tertiary/aromatic N) is 2. The number of amides is 2. The van der Waals surface area contributed by atoms with E-state index in [0.29, 0.717) is 0 Å². The van der Waals surface area contributed by atoms with Gasteiger partial charge in [0.15, 0.2) is 17.6 Å². The molecule has 0 unspecified atom stereocenters. The van der Waals surface area contributed by atoms with Gasteiger partial charge in [0.05, 0.1) is 23.6 Å². The SMILES string of the molecule is CCOc1ccc(C(=O)CN2C(=O)c3ccccc3O[C@H](C(C)C)C2=O)cc1[N+](=O)[O-]. The van der Waals surface area contributed by atoms with E-state index in [2.05, 4.69) is 0 Å². The first kappa shape index (κ1) is 21.9. The van der Waals surface area contributed by atoms with Crippen molar-refractivity contribution in [2.24, 2.45) is 5.92 Å². The van der Waals surface area contributed by atoms with Crippen molar-refractivity contribution in [2.45, 2.75) is 26.9 Å². The number of para-hydroxylation sites is 1. The molecule has 31 heavy (non-hydrogen) atoms. The third kappa shape index (κ3) is 4.40. The lowest BCUT2D eigenvalue weighted by molar-refractivity contribution is -0.385. The molecule has 2 aromatic carbocycles. The Morgan fingerprint density at radius 2 is 1.94 bits per heavy atom. The molecule has 2 aromatic rings. The fourth-order valence-corrected chi connectivity index (χ4v) is 3.25. The third-order valence-electron chi connectivity index (χ3n) is 4.81. The Balaban J connectivity index is 1.95. The summed E-state index contributed by atoms with van der Waals surface area (Å²) in [6.07, 6.45) is -0.949. The molecule has 9 heteroatoms. The van der Waals surface area contributed by atoms with Gasteiger partial charge in [-0.2, -0.15) is 0 Å². The highest BCUT2D eigenvalue weighted by molar-refractivity contribution is 6.12. The van der Waals surface area contributed by atoms with Gasteiger partial charge < -0.3 is 9.47 Å². The van der Waals surface area contributed by atoms with Gasteiger partial charge in [0.25, 0.3) is 11.8 Å². The zero-order valence-electron chi connectivity index (χ0n) is 17.4. The Labute approximate surface area is 178 Å². The summed E-state index contributed by atoms with van der Waals surface area (Å²) in [6, 6.07) is 10.2. The largest absolute Gasteiger partial charge is 0.487 e. The predicted octanol–water partition coefficient (Wildman–Crippen LogP) is 3.26. The van der Waals surface area contributed by atoms with Crippen molar-refractivity contribution in [3.63, 3.8) is 0 Å². The molecule has 0 saturated heterocycles. The molecule has 0 N–H and O–H groups in total. The number of ketones is 1. The first-order valence-corrected chi connectivity index (χ1v) is 9.80. The molecule has 0 radical (unpaired) electrons. The number of fused-ring (bicyclic) bond motifs is 1. The van der Waals surface area contributed by atoms with Crippen LogP contribution < -0.4 is 9.47 Å². The average molecular weight is 426 g/mol. The predicted molar refractivity (Wildman–Crippen MR) is 110 cm³/mol. The smallest absolute Gasteiger partial charge is 0.311 e. The Hall–Kier alpha value is -3.75. The number of rotatable bonds is 7. The quantitative estimate of drug-likeness (QED) is 0.289. The number of carbonyl (C=O) groups excluding carboxylic acids is 3. The number of nitro groups is 1. The molecule has 0 aliphatic carbocycles. The number of hydrogen-bond acceptors (Lipinski definition) is 7. The lowest BCUT2D eigenvalue weighted by Crippen LogP contribution is -2.47. The Morgan fingerprint density at radius 3 is 2.58 bits per heavy atom. The summed E-state index contributed by atoms with van der Waals surface area (Å²) in [7, 11) is 0. The lowest BCUT2D eigenvalue weighted by Gasteiger charge is -2.24. The van der Waals surface area contributed by atoms with E-state index >= 15 is 0 Å². The minimum Gasteiger partial charge on any atom is -0.487 e. The van der Waals surface area contributed by atoms with Crippen LogP contribution in [0.4, 0.5) is 5.69 Å². The molecule has 1 aliphatic rings. The summed E-state index contributed by atoms with van der Waals surface area (Å²) < 4.78 is 11.0. The Bertz CT molecular complexity index is 1050. The van der Waals surface area contributed by atoms with Gasteiger partial charge in [-0.25, -0.2) is 0 Å². The fourth-order valence-electron chi connectivity index (χ4n) is 3.25. The molecule has 0 bridgehead atoms. The maximum Gasteiger partial charge on any atom is 0.311 e. The van der Waals surface area contributed by atoms with E-state index in [-0.39, 0.29) is 40.8 Å². The molecule has 162 valence electrons. The molecule has 2 amide bonds. The molecule has 0 fully saturated rings. The third-order valence-corrected chi connectivity index (χ3v) is 4.81. The summed E-state index contributed by atoms with van der Waals surface area (Å²) in [5.41, 5.74) is -0.199. The minimum absolute atomic E-state index is 0.00435. The van der Waals surface area contributed by atoms with E-state index in [0.717, 1.165) is 11.0 Å². The normalized spacial score (nSPS) is 15.9. The number of benzene rings is 2. The van der Waals surface area contributed by atoms with E-state index in [9.17, 15) is 24.5 Å². The Kier molecular flexibility index (Phi) is 6.33. The zero-order chi connectivity index (χ0) is 22.7.